The SMILES string of the molecule is Cc1cccc2cc(Cn3nc(-c4cn[nH]c4)c4c(N)cccc43)n(-c3ccccc3C(F)(F)F)c(=O)c12. The Labute approximate surface area is 213 Å². The smallest absolute Gasteiger partial charge is 0.398 e. The molecule has 0 aliphatic rings. The number of aryl methyl sites for hydroxylation is 1. The highest BCUT2D eigenvalue weighted by Crippen LogP contribution is 2.35. The van der Waals surface area contributed by atoms with E-state index in [1.807, 2.05) is 12.1 Å². The van der Waals surface area contributed by atoms with Gasteiger partial charge in [0.2, 0.25) is 0 Å². The van der Waals surface area contributed by atoms with E-state index >= 15 is 0 Å². The fraction of sp³-hybridized carbons (Fsp3) is 0.107. The van der Waals surface area contributed by atoms with E-state index in [0.717, 1.165) is 10.6 Å². The molecule has 6 rings (SSSR count). The van der Waals surface area contributed by atoms with Crippen LogP contribution in [0.1, 0.15) is 16.8 Å². The van der Waals surface area contributed by atoms with Gasteiger partial charge in [-0.3, -0.25) is 19.1 Å². The van der Waals surface area contributed by atoms with Crippen LogP contribution in [0.5, 0.6) is 0 Å². The number of halogens is 3. The molecule has 3 N–H and O–H groups in total. The summed E-state index contributed by atoms with van der Waals surface area (Å²) < 4.78 is 45.0. The Hall–Kier alpha value is -4.86. The first-order valence-electron chi connectivity index (χ1n) is 11.8. The van der Waals surface area contributed by atoms with E-state index < -0.39 is 17.3 Å². The highest BCUT2D eigenvalue weighted by atomic mass is 19.4. The van der Waals surface area contributed by atoms with Gasteiger partial charge in [0, 0.05) is 23.1 Å². The second-order valence-corrected chi connectivity index (χ2v) is 9.06. The average molecular weight is 515 g/mol. The van der Waals surface area contributed by atoms with Crippen molar-refractivity contribution >= 4 is 27.4 Å². The summed E-state index contributed by atoms with van der Waals surface area (Å²) in [6.45, 7) is 1.79. The maximum atomic E-state index is 14.1. The normalized spacial score (nSPS) is 12.0. The van der Waals surface area contributed by atoms with Crippen molar-refractivity contribution in [1.82, 2.24) is 24.5 Å². The zero-order chi connectivity index (χ0) is 26.6. The number of aromatic nitrogens is 5. The zero-order valence-corrected chi connectivity index (χ0v) is 20.1. The van der Waals surface area contributed by atoms with Gasteiger partial charge in [0.05, 0.1) is 40.3 Å². The quantitative estimate of drug-likeness (QED) is 0.296. The number of benzene rings is 3. The average Bonchev–Trinajstić information content (AvgIpc) is 3.53. The van der Waals surface area contributed by atoms with Gasteiger partial charge in [-0.1, -0.05) is 36.4 Å². The molecular weight excluding hydrogens is 493 g/mol. The molecule has 3 aromatic carbocycles. The minimum atomic E-state index is -4.66. The molecule has 38 heavy (non-hydrogen) atoms. The van der Waals surface area contributed by atoms with E-state index in [0.29, 0.717) is 49.9 Å². The topological polar surface area (TPSA) is 94.5 Å². The number of aromatic amines is 1. The molecule has 3 aromatic heterocycles. The monoisotopic (exact) mass is 514 g/mol. The number of pyridine rings is 1. The van der Waals surface area contributed by atoms with Gasteiger partial charge in [-0.25, -0.2) is 0 Å². The second-order valence-electron chi connectivity index (χ2n) is 9.06. The van der Waals surface area contributed by atoms with E-state index in [-0.39, 0.29) is 12.2 Å². The summed E-state index contributed by atoms with van der Waals surface area (Å²) in [5.41, 5.74) is 8.12. The summed E-state index contributed by atoms with van der Waals surface area (Å²) in [7, 11) is 0. The van der Waals surface area contributed by atoms with Crippen LogP contribution in [0.4, 0.5) is 18.9 Å². The fourth-order valence-electron chi connectivity index (χ4n) is 4.99. The number of nitrogens with two attached hydrogens (primary N) is 1. The number of nitrogen functional groups attached to an aromatic ring is 1. The Morgan fingerprint density at radius 2 is 1.79 bits per heavy atom. The van der Waals surface area contributed by atoms with Crippen molar-refractivity contribution in [3.8, 4) is 16.9 Å². The van der Waals surface area contributed by atoms with E-state index in [1.54, 1.807) is 54.3 Å². The number of hydrogen-bond acceptors (Lipinski definition) is 4. The standard InChI is InChI=1S/C28H21F3N6O/c1-16-6-4-7-17-12-19(37(27(38)24(16)17)22-10-3-2-8-20(22)28(29,30)31)15-36-23-11-5-9-21(32)25(23)26(35-36)18-13-33-34-14-18/h2-14H,15,32H2,1H3,(H,33,34). The summed E-state index contributed by atoms with van der Waals surface area (Å²) in [6, 6.07) is 17.6. The number of rotatable bonds is 4. The van der Waals surface area contributed by atoms with E-state index in [4.69, 9.17) is 10.8 Å². The van der Waals surface area contributed by atoms with Crippen LogP contribution in [0.25, 0.3) is 38.6 Å². The Morgan fingerprint density at radius 1 is 1.00 bits per heavy atom. The minimum Gasteiger partial charge on any atom is -0.398 e. The second kappa shape index (κ2) is 8.62. The van der Waals surface area contributed by atoms with Gasteiger partial charge in [0.15, 0.2) is 0 Å². The summed E-state index contributed by atoms with van der Waals surface area (Å²) in [5.74, 6) is 0. The third-order valence-corrected chi connectivity index (χ3v) is 6.68. The van der Waals surface area contributed by atoms with Crippen molar-refractivity contribution in [1.29, 1.82) is 0 Å². The molecule has 0 unspecified atom stereocenters. The summed E-state index contributed by atoms with van der Waals surface area (Å²) in [4.78, 5) is 13.9. The highest BCUT2D eigenvalue weighted by Gasteiger charge is 2.34. The van der Waals surface area contributed by atoms with Gasteiger partial charge in [-0.05, 0) is 48.2 Å². The maximum Gasteiger partial charge on any atom is 0.418 e. The van der Waals surface area contributed by atoms with Crippen LogP contribution in [0, 0.1) is 6.92 Å². The number of nitrogens with zero attached hydrogens (tertiary/aromatic N) is 4. The summed E-state index contributed by atoms with van der Waals surface area (Å²) in [5, 5.41) is 13.2. The van der Waals surface area contributed by atoms with Crippen molar-refractivity contribution in [2.75, 3.05) is 5.73 Å². The van der Waals surface area contributed by atoms with E-state index in [1.165, 1.54) is 18.2 Å². The van der Waals surface area contributed by atoms with Crippen LogP contribution in [0.2, 0.25) is 0 Å². The largest absolute Gasteiger partial charge is 0.418 e. The third-order valence-electron chi connectivity index (χ3n) is 6.68. The Balaban J connectivity index is 1.65. The van der Waals surface area contributed by atoms with Gasteiger partial charge in [-0.15, -0.1) is 0 Å². The Morgan fingerprint density at radius 3 is 2.55 bits per heavy atom. The van der Waals surface area contributed by atoms with Crippen LogP contribution in [0.3, 0.4) is 0 Å². The molecule has 0 saturated carbocycles. The van der Waals surface area contributed by atoms with Crippen LogP contribution in [-0.4, -0.2) is 24.5 Å². The number of nitrogens with one attached hydrogen (secondary N) is 1. The molecule has 0 aliphatic heterocycles. The molecule has 0 atom stereocenters. The van der Waals surface area contributed by atoms with Crippen molar-refractivity contribution in [2.24, 2.45) is 0 Å². The van der Waals surface area contributed by atoms with E-state index in [2.05, 4.69) is 10.2 Å². The lowest BCUT2D eigenvalue weighted by molar-refractivity contribution is -0.137. The van der Waals surface area contributed by atoms with Gasteiger partial charge in [-0.2, -0.15) is 23.4 Å². The van der Waals surface area contributed by atoms with E-state index in [9.17, 15) is 18.0 Å². The number of hydrogen-bond donors (Lipinski definition) is 2. The molecule has 190 valence electrons. The lowest BCUT2D eigenvalue weighted by Crippen LogP contribution is -2.26. The number of para-hydroxylation sites is 1. The summed E-state index contributed by atoms with van der Waals surface area (Å²) in [6.07, 6.45) is -1.35. The molecule has 10 heteroatoms. The van der Waals surface area contributed by atoms with Crippen molar-refractivity contribution in [2.45, 2.75) is 19.6 Å². The molecule has 0 saturated heterocycles. The third kappa shape index (κ3) is 3.73. The lowest BCUT2D eigenvalue weighted by atomic mass is 10.0. The lowest BCUT2D eigenvalue weighted by Gasteiger charge is -2.20. The predicted molar refractivity (Wildman–Crippen MR) is 140 cm³/mol. The maximum absolute atomic E-state index is 14.1. The molecule has 0 bridgehead atoms. The number of alkyl halides is 3. The highest BCUT2D eigenvalue weighted by molar-refractivity contribution is 6.01. The van der Waals surface area contributed by atoms with Crippen LogP contribution >= 0.6 is 0 Å². The number of H-pyrrole nitrogens is 1. The molecule has 0 fully saturated rings. The van der Waals surface area contributed by atoms with Gasteiger partial charge in [0.1, 0.15) is 5.69 Å². The number of fused-ring (bicyclic) bond motifs is 2. The van der Waals surface area contributed by atoms with Crippen LogP contribution in [-0.2, 0) is 12.7 Å². The van der Waals surface area contributed by atoms with Crippen LogP contribution in [0.15, 0.2) is 83.9 Å². The minimum absolute atomic E-state index is 0.0170. The molecule has 7 nitrogen and oxygen atoms in total. The molecular formula is C28H21F3N6O. The number of anilines is 1. The molecule has 0 aliphatic carbocycles. The predicted octanol–water partition coefficient (Wildman–Crippen LogP) is 5.69. The first kappa shape index (κ1) is 23.5. The first-order chi connectivity index (χ1) is 18.2. The molecule has 0 spiro atoms. The Bertz CT molecular complexity index is 1880. The molecule has 0 amide bonds. The van der Waals surface area contributed by atoms with Gasteiger partial charge < -0.3 is 5.73 Å². The zero-order valence-electron chi connectivity index (χ0n) is 20.1. The molecule has 3 heterocycles. The van der Waals surface area contributed by atoms with Gasteiger partial charge >= 0.3 is 6.18 Å². The Kier molecular flexibility index (Phi) is 5.34. The molecule has 0 radical (unpaired) electrons. The first-order valence-corrected chi connectivity index (χ1v) is 11.8. The van der Waals surface area contributed by atoms with Crippen molar-refractivity contribution in [3.05, 3.63) is 106 Å². The van der Waals surface area contributed by atoms with Crippen molar-refractivity contribution in [3.63, 3.8) is 0 Å². The summed E-state index contributed by atoms with van der Waals surface area (Å²) >= 11 is 0. The fourth-order valence-corrected chi connectivity index (χ4v) is 4.99. The molecule has 6 aromatic rings. The van der Waals surface area contributed by atoms with Crippen molar-refractivity contribution < 1.29 is 13.2 Å². The van der Waals surface area contributed by atoms with Crippen LogP contribution < -0.4 is 11.3 Å². The van der Waals surface area contributed by atoms with Gasteiger partial charge in [0.25, 0.3) is 5.56 Å².